The van der Waals surface area contributed by atoms with Crippen LogP contribution in [0.2, 0.25) is 0 Å². The highest BCUT2D eigenvalue weighted by molar-refractivity contribution is 5.95. The number of amides is 1. The highest BCUT2D eigenvalue weighted by Gasteiger charge is 2.21. The van der Waals surface area contributed by atoms with Crippen molar-refractivity contribution in [2.75, 3.05) is 13.1 Å². The summed E-state index contributed by atoms with van der Waals surface area (Å²) in [6.45, 7) is 5.09. The van der Waals surface area contributed by atoms with Crippen molar-refractivity contribution in [3.05, 3.63) is 89.7 Å². The predicted molar refractivity (Wildman–Crippen MR) is 113 cm³/mol. The number of likely N-dealkylation sites (tertiary alicyclic amines) is 1. The number of aromatic nitrogens is 1. The Kier molecular flexibility index (Phi) is 5.58. The monoisotopic (exact) mass is 373 g/mol. The molecule has 1 aliphatic rings. The molecular weight excluding hydrogens is 346 g/mol. The third kappa shape index (κ3) is 4.34. The topological polar surface area (TPSA) is 37.3 Å². The first-order chi connectivity index (χ1) is 13.7. The van der Waals surface area contributed by atoms with E-state index in [2.05, 4.69) is 47.5 Å². The predicted octanol–water partition coefficient (Wildman–Crippen LogP) is 4.18. The first-order valence-electron chi connectivity index (χ1n) is 10.0. The van der Waals surface area contributed by atoms with E-state index >= 15 is 0 Å². The van der Waals surface area contributed by atoms with Gasteiger partial charge in [0.05, 0.1) is 0 Å². The van der Waals surface area contributed by atoms with Crippen molar-refractivity contribution in [3.8, 4) is 5.69 Å². The number of nitrogens with one attached hydrogen (secondary N) is 1. The Bertz CT molecular complexity index is 910. The number of carbonyl (C=O) groups is 1. The summed E-state index contributed by atoms with van der Waals surface area (Å²) >= 11 is 0. The fraction of sp³-hybridized carbons (Fsp3) is 0.292. The fourth-order valence-corrected chi connectivity index (χ4v) is 3.87. The Labute approximate surface area is 166 Å². The van der Waals surface area contributed by atoms with Gasteiger partial charge in [0.25, 0.3) is 5.91 Å². The van der Waals surface area contributed by atoms with Crippen LogP contribution in [0.4, 0.5) is 0 Å². The summed E-state index contributed by atoms with van der Waals surface area (Å²) in [6.07, 6.45) is 6.00. The number of hydrogen-bond donors (Lipinski definition) is 1. The number of benzene rings is 2. The van der Waals surface area contributed by atoms with Gasteiger partial charge < -0.3 is 9.88 Å². The molecule has 1 amide bonds. The van der Waals surface area contributed by atoms with Crippen molar-refractivity contribution in [2.45, 2.75) is 32.4 Å². The molecule has 0 radical (unpaired) electrons. The molecule has 1 aliphatic heterocycles. The Morgan fingerprint density at radius 1 is 1.00 bits per heavy atom. The number of hydrogen-bond acceptors (Lipinski definition) is 2. The molecule has 1 fully saturated rings. The van der Waals surface area contributed by atoms with Gasteiger partial charge in [0.15, 0.2) is 0 Å². The Balaban J connectivity index is 1.34. The molecule has 0 aliphatic carbocycles. The van der Waals surface area contributed by atoms with Gasteiger partial charge in [0.2, 0.25) is 0 Å². The number of rotatable bonds is 5. The first kappa shape index (κ1) is 18.5. The molecule has 0 unspecified atom stereocenters. The molecule has 28 heavy (non-hydrogen) atoms. The van der Waals surface area contributed by atoms with Crippen LogP contribution in [0.15, 0.2) is 73.1 Å². The summed E-state index contributed by atoms with van der Waals surface area (Å²) in [4.78, 5) is 15.3. The number of piperidine rings is 1. The SMILES string of the molecule is Cc1ccc(C(=O)NC2CCN(Cc3ccccc3)CC2)cc1-n1cccc1. The van der Waals surface area contributed by atoms with E-state index in [1.807, 2.05) is 47.3 Å². The number of aryl methyl sites for hydroxylation is 1. The van der Waals surface area contributed by atoms with Crippen LogP contribution >= 0.6 is 0 Å². The Hall–Kier alpha value is -2.85. The molecule has 4 rings (SSSR count). The van der Waals surface area contributed by atoms with Gasteiger partial charge in [-0.1, -0.05) is 36.4 Å². The molecule has 0 saturated carbocycles. The maximum Gasteiger partial charge on any atom is 0.251 e. The van der Waals surface area contributed by atoms with Gasteiger partial charge in [-0.2, -0.15) is 0 Å². The average molecular weight is 374 g/mol. The van der Waals surface area contributed by atoms with Gasteiger partial charge in [-0.05, 0) is 55.2 Å². The third-order valence-electron chi connectivity index (χ3n) is 5.53. The van der Waals surface area contributed by atoms with E-state index < -0.39 is 0 Å². The third-order valence-corrected chi connectivity index (χ3v) is 5.53. The quantitative estimate of drug-likeness (QED) is 0.728. The molecule has 1 aromatic heterocycles. The second-order valence-electron chi connectivity index (χ2n) is 7.60. The number of nitrogens with zero attached hydrogens (tertiary/aromatic N) is 2. The zero-order chi connectivity index (χ0) is 19.3. The van der Waals surface area contributed by atoms with Crippen molar-refractivity contribution in [3.63, 3.8) is 0 Å². The summed E-state index contributed by atoms with van der Waals surface area (Å²) in [5.74, 6) is 0.0231. The second kappa shape index (κ2) is 8.44. The maximum atomic E-state index is 12.8. The van der Waals surface area contributed by atoms with Gasteiger partial charge in [-0.25, -0.2) is 0 Å². The van der Waals surface area contributed by atoms with Crippen LogP contribution in [0.25, 0.3) is 5.69 Å². The summed E-state index contributed by atoms with van der Waals surface area (Å²) in [7, 11) is 0. The molecule has 4 heteroatoms. The Morgan fingerprint density at radius 2 is 1.71 bits per heavy atom. The standard InChI is InChI=1S/C24H27N3O/c1-19-9-10-21(17-23(19)27-13-5-6-14-27)24(28)25-22-11-15-26(16-12-22)18-20-7-3-2-4-8-20/h2-10,13-14,17,22H,11-12,15-16,18H2,1H3,(H,25,28). The molecule has 1 saturated heterocycles. The molecule has 2 aromatic carbocycles. The summed E-state index contributed by atoms with van der Waals surface area (Å²) in [6, 6.07) is 20.7. The van der Waals surface area contributed by atoms with E-state index in [1.54, 1.807) is 0 Å². The molecular formula is C24H27N3O. The molecule has 144 valence electrons. The first-order valence-corrected chi connectivity index (χ1v) is 10.0. The lowest BCUT2D eigenvalue weighted by Crippen LogP contribution is -2.44. The van der Waals surface area contributed by atoms with Gasteiger partial charge >= 0.3 is 0 Å². The van der Waals surface area contributed by atoms with Crippen molar-refractivity contribution in [2.24, 2.45) is 0 Å². The van der Waals surface area contributed by atoms with Crippen molar-refractivity contribution >= 4 is 5.91 Å². The largest absolute Gasteiger partial charge is 0.349 e. The van der Waals surface area contributed by atoms with Gasteiger partial charge in [0, 0.05) is 49.3 Å². The zero-order valence-corrected chi connectivity index (χ0v) is 16.3. The van der Waals surface area contributed by atoms with E-state index in [0.717, 1.165) is 49.3 Å². The van der Waals surface area contributed by atoms with Crippen LogP contribution in [-0.4, -0.2) is 34.5 Å². The van der Waals surface area contributed by atoms with E-state index in [-0.39, 0.29) is 11.9 Å². The lowest BCUT2D eigenvalue weighted by Gasteiger charge is -2.32. The van der Waals surface area contributed by atoms with Crippen LogP contribution in [-0.2, 0) is 6.54 Å². The summed E-state index contributed by atoms with van der Waals surface area (Å²) in [5, 5.41) is 3.24. The Morgan fingerprint density at radius 3 is 2.43 bits per heavy atom. The lowest BCUT2D eigenvalue weighted by atomic mass is 10.0. The van der Waals surface area contributed by atoms with Crippen LogP contribution in [0.3, 0.4) is 0 Å². The summed E-state index contributed by atoms with van der Waals surface area (Å²) < 4.78 is 2.05. The highest BCUT2D eigenvalue weighted by atomic mass is 16.1. The van der Waals surface area contributed by atoms with Gasteiger partial charge in [-0.15, -0.1) is 0 Å². The van der Waals surface area contributed by atoms with Crippen LogP contribution in [0.5, 0.6) is 0 Å². The van der Waals surface area contributed by atoms with Gasteiger partial charge in [0.1, 0.15) is 0 Å². The van der Waals surface area contributed by atoms with E-state index in [1.165, 1.54) is 5.56 Å². The van der Waals surface area contributed by atoms with Crippen molar-refractivity contribution in [1.82, 2.24) is 14.8 Å². The minimum Gasteiger partial charge on any atom is -0.349 e. The highest BCUT2D eigenvalue weighted by Crippen LogP contribution is 2.18. The fourth-order valence-electron chi connectivity index (χ4n) is 3.87. The molecule has 1 N–H and O–H groups in total. The van der Waals surface area contributed by atoms with E-state index in [9.17, 15) is 4.79 Å². The number of carbonyl (C=O) groups excluding carboxylic acids is 1. The van der Waals surface area contributed by atoms with Gasteiger partial charge in [-0.3, -0.25) is 9.69 Å². The molecule has 0 spiro atoms. The molecule has 4 nitrogen and oxygen atoms in total. The van der Waals surface area contributed by atoms with Crippen molar-refractivity contribution in [1.29, 1.82) is 0 Å². The molecule has 0 bridgehead atoms. The van der Waals surface area contributed by atoms with E-state index in [0.29, 0.717) is 0 Å². The molecule has 3 aromatic rings. The normalized spacial score (nSPS) is 15.5. The smallest absolute Gasteiger partial charge is 0.251 e. The lowest BCUT2D eigenvalue weighted by molar-refractivity contribution is 0.0909. The molecule has 0 atom stereocenters. The van der Waals surface area contributed by atoms with Crippen LogP contribution < -0.4 is 5.32 Å². The zero-order valence-electron chi connectivity index (χ0n) is 16.3. The molecule has 2 heterocycles. The summed E-state index contributed by atoms with van der Waals surface area (Å²) in [5.41, 5.74) is 4.28. The van der Waals surface area contributed by atoms with Crippen molar-refractivity contribution < 1.29 is 4.79 Å². The average Bonchev–Trinajstić information content (AvgIpc) is 3.25. The van der Waals surface area contributed by atoms with Crippen LogP contribution in [0, 0.1) is 6.92 Å². The maximum absolute atomic E-state index is 12.8. The second-order valence-corrected chi connectivity index (χ2v) is 7.60. The minimum absolute atomic E-state index is 0.0231. The van der Waals surface area contributed by atoms with E-state index in [4.69, 9.17) is 0 Å². The minimum atomic E-state index is 0.0231. The van der Waals surface area contributed by atoms with Crippen LogP contribution in [0.1, 0.15) is 34.3 Å².